The number of carbonyl (C=O) groups is 1. The van der Waals surface area contributed by atoms with Crippen LogP contribution in [0.2, 0.25) is 0 Å². The number of rotatable bonds is 4. The summed E-state index contributed by atoms with van der Waals surface area (Å²) in [6, 6.07) is 0.368. The van der Waals surface area contributed by atoms with Crippen molar-refractivity contribution in [3.8, 4) is 0 Å². The molecule has 1 rings (SSSR count). The van der Waals surface area contributed by atoms with Crippen molar-refractivity contribution in [1.82, 2.24) is 5.32 Å². The van der Waals surface area contributed by atoms with E-state index in [1.54, 1.807) is 0 Å². The van der Waals surface area contributed by atoms with E-state index in [1.807, 2.05) is 0 Å². The lowest BCUT2D eigenvalue weighted by Gasteiger charge is -2.27. The second-order valence-electron chi connectivity index (χ2n) is 4.89. The molecule has 0 aliphatic heterocycles. The Labute approximate surface area is 86.4 Å². The molecular formula is C11H22N2O. The third-order valence-electron chi connectivity index (χ3n) is 3.20. The molecular weight excluding hydrogens is 176 g/mol. The minimum atomic E-state index is 0.162. The van der Waals surface area contributed by atoms with Crippen LogP contribution in [-0.4, -0.2) is 18.5 Å². The Bertz CT molecular complexity index is 201. The maximum absolute atomic E-state index is 11.5. The molecule has 0 spiro atoms. The van der Waals surface area contributed by atoms with Gasteiger partial charge >= 0.3 is 0 Å². The molecule has 0 radical (unpaired) electrons. The first kappa shape index (κ1) is 11.5. The van der Waals surface area contributed by atoms with Crippen molar-refractivity contribution in [1.29, 1.82) is 0 Å². The number of carbonyl (C=O) groups excluding carboxylic acids is 1. The average molecular weight is 198 g/mol. The molecule has 0 aromatic rings. The van der Waals surface area contributed by atoms with Crippen LogP contribution in [0.25, 0.3) is 0 Å². The molecule has 3 nitrogen and oxygen atoms in total. The molecule has 1 fully saturated rings. The highest BCUT2D eigenvalue weighted by Gasteiger charge is 2.34. The average Bonchev–Trinajstić information content (AvgIpc) is 2.43. The molecule has 82 valence electrons. The molecule has 0 aromatic carbocycles. The standard InChI is InChI=1S/C11H22N2O/c1-11(2)7-3-5-9(11)13-10(14)6-4-8-12/h9H,3-8,12H2,1-2H3,(H,13,14). The minimum Gasteiger partial charge on any atom is -0.353 e. The quantitative estimate of drug-likeness (QED) is 0.718. The summed E-state index contributed by atoms with van der Waals surface area (Å²) >= 11 is 0. The van der Waals surface area contributed by atoms with Gasteiger partial charge in [-0.05, 0) is 31.2 Å². The monoisotopic (exact) mass is 198 g/mol. The van der Waals surface area contributed by atoms with Crippen LogP contribution in [-0.2, 0) is 4.79 Å². The van der Waals surface area contributed by atoms with E-state index in [2.05, 4.69) is 19.2 Å². The van der Waals surface area contributed by atoms with E-state index in [-0.39, 0.29) is 11.3 Å². The van der Waals surface area contributed by atoms with Crippen molar-refractivity contribution >= 4 is 5.91 Å². The first-order valence-corrected chi connectivity index (χ1v) is 5.56. The van der Waals surface area contributed by atoms with Crippen molar-refractivity contribution in [2.45, 2.75) is 52.0 Å². The molecule has 3 heteroatoms. The van der Waals surface area contributed by atoms with E-state index in [4.69, 9.17) is 5.73 Å². The van der Waals surface area contributed by atoms with Crippen LogP contribution in [0.3, 0.4) is 0 Å². The van der Waals surface area contributed by atoms with Gasteiger partial charge < -0.3 is 11.1 Å². The normalized spacial score (nSPS) is 24.9. The van der Waals surface area contributed by atoms with E-state index in [0.717, 1.165) is 12.8 Å². The van der Waals surface area contributed by atoms with Gasteiger partial charge in [0.25, 0.3) is 0 Å². The number of nitrogens with one attached hydrogen (secondary N) is 1. The summed E-state index contributed by atoms with van der Waals surface area (Å²) in [6.07, 6.45) is 4.94. The summed E-state index contributed by atoms with van der Waals surface area (Å²) in [4.78, 5) is 11.5. The van der Waals surface area contributed by atoms with Crippen LogP contribution in [0, 0.1) is 5.41 Å². The van der Waals surface area contributed by atoms with Gasteiger partial charge in [0.1, 0.15) is 0 Å². The van der Waals surface area contributed by atoms with E-state index in [9.17, 15) is 4.79 Å². The van der Waals surface area contributed by atoms with Crippen molar-refractivity contribution in [2.75, 3.05) is 6.54 Å². The van der Waals surface area contributed by atoms with Crippen LogP contribution in [0.5, 0.6) is 0 Å². The molecule has 0 aromatic heterocycles. The maximum Gasteiger partial charge on any atom is 0.220 e. The fourth-order valence-electron chi connectivity index (χ4n) is 2.12. The number of amides is 1. The smallest absolute Gasteiger partial charge is 0.220 e. The number of hydrogen-bond donors (Lipinski definition) is 2. The highest BCUT2D eigenvalue weighted by Crippen LogP contribution is 2.37. The Morgan fingerprint density at radius 3 is 2.79 bits per heavy atom. The molecule has 1 saturated carbocycles. The highest BCUT2D eigenvalue weighted by molar-refractivity contribution is 5.76. The number of hydrogen-bond acceptors (Lipinski definition) is 2. The van der Waals surface area contributed by atoms with Crippen LogP contribution in [0.4, 0.5) is 0 Å². The van der Waals surface area contributed by atoms with Gasteiger partial charge in [-0.3, -0.25) is 4.79 Å². The third-order valence-corrected chi connectivity index (χ3v) is 3.20. The lowest BCUT2D eigenvalue weighted by molar-refractivity contribution is -0.122. The largest absolute Gasteiger partial charge is 0.353 e. The zero-order valence-electron chi connectivity index (χ0n) is 9.31. The van der Waals surface area contributed by atoms with Crippen molar-refractivity contribution in [2.24, 2.45) is 11.1 Å². The van der Waals surface area contributed by atoms with E-state index in [1.165, 1.54) is 12.8 Å². The predicted octanol–water partition coefficient (Wildman–Crippen LogP) is 1.42. The minimum absolute atomic E-state index is 0.162. The number of nitrogens with two attached hydrogens (primary N) is 1. The summed E-state index contributed by atoms with van der Waals surface area (Å²) in [5.41, 5.74) is 5.63. The molecule has 0 heterocycles. The molecule has 3 N–H and O–H groups in total. The highest BCUT2D eigenvalue weighted by atomic mass is 16.1. The van der Waals surface area contributed by atoms with Gasteiger partial charge in [-0.1, -0.05) is 20.3 Å². The molecule has 1 atom stereocenters. The predicted molar refractivity (Wildman–Crippen MR) is 57.9 cm³/mol. The molecule has 1 unspecified atom stereocenters. The Morgan fingerprint density at radius 1 is 1.57 bits per heavy atom. The van der Waals surface area contributed by atoms with Gasteiger partial charge in [-0.15, -0.1) is 0 Å². The van der Waals surface area contributed by atoms with Gasteiger partial charge in [0.2, 0.25) is 5.91 Å². The lowest BCUT2D eigenvalue weighted by atomic mass is 9.87. The maximum atomic E-state index is 11.5. The van der Waals surface area contributed by atoms with E-state index >= 15 is 0 Å². The lowest BCUT2D eigenvalue weighted by Crippen LogP contribution is -2.41. The fourth-order valence-corrected chi connectivity index (χ4v) is 2.12. The molecule has 0 bridgehead atoms. The van der Waals surface area contributed by atoms with Gasteiger partial charge in [0, 0.05) is 12.5 Å². The molecule has 0 saturated heterocycles. The SMILES string of the molecule is CC1(C)CCCC1NC(=O)CCCN. The first-order valence-electron chi connectivity index (χ1n) is 5.56. The summed E-state index contributed by atoms with van der Waals surface area (Å²) in [7, 11) is 0. The van der Waals surface area contributed by atoms with Crippen LogP contribution < -0.4 is 11.1 Å². The summed E-state index contributed by atoms with van der Waals surface area (Å²) < 4.78 is 0. The van der Waals surface area contributed by atoms with Crippen molar-refractivity contribution in [3.05, 3.63) is 0 Å². The Balaban J connectivity index is 2.33. The van der Waals surface area contributed by atoms with Crippen molar-refractivity contribution < 1.29 is 4.79 Å². The molecule has 1 aliphatic rings. The first-order chi connectivity index (χ1) is 6.56. The summed E-state index contributed by atoms with van der Waals surface area (Å²) in [5.74, 6) is 0.162. The summed E-state index contributed by atoms with van der Waals surface area (Å²) in [6.45, 7) is 5.06. The fraction of sp³-hybridized carbons (Fsp3) is 0.909. The zero-order chi connectivity index (χ0) is 10.6. The van der Waals surface area contributed by atoms with Crippen molar-refractivity contribution in [3.63, 3.8) is 0 Å². The van der Waals surface area contributed by atoms with E-state index < -0.39 is 0 Å². The van der Waals surface area contributed by atoms with Gasteiger partial charge in [-0.2, -0.15) is 0 Å². The van der Waals surface area contributed by atoms with Crippen LogP contribution >= 0.6 is 0 Å². The Kier molecular flexibility index (Phi) is 3.93. The second kappa shape index (κ2) is 4.78. The topological polar surface area (TPSA) is 55.1 Å². The van der Waals surface area contributed by atoms with Gasteiger partial charge in [-0.25, -0.2) is 0 Å². The zero-order valence-corrected chi connectivity index (χ0v) is 9.31. The molecule has 1 amide bonds. The van der Waals surface area contributed by atoms with E-state index in [0.29, 0.717) is 19.0 Å². The molecule has 1 aliphatic carbocycles. The molecule has 14 heavy (non-hydrogen) atoms. The van der Waals surface area contributed by atoms with Gasteiger partial charge in [0.05, 0.1) is 0 Å². The van der Waals surface area contributed by atoms with Crippen LogP contribution in [0.1, 0.15) is 46.0 Å². The third kappa shape index (κ3) is 2.98. The van der Waals surface area contributed by atoms with Gasteiger partial charge in [0.15, 0.2) is 0 Å². The Hall–Kier alpha value is -0.570. The Morgan fingerprint density at radius 2 is 2.29 bits per heavy atom. The second-order valence-corrected chi connectivity index (χ2v) is 4.89. The van der Waals surface area contributed by atoms with Crippen LogP contribution in [0.15, 0.2) is 0 Å². The summed E-state index contributed by atoms with van der Waals surface area (Å²) in [5, 5.41) is 3.11.